The molecular formula is C17H17NO6. The number of carbonyl (C=O) groups excluding carboxylic acids is 3. The average molecular weight is 331 g/mol. The largest absolute Gasteiger partial charge is 0.465 e. The van der Waals surface area contributed by atoms with Gasteiger partial charge in [0.1, 0.15) is 30.2 Å². The van der Waals surface area contributed by atoms with Crippen LogP contribution >= 0.6 is 0 Å². The molecule has 1 amide bonds. The van der Waals surface area contributed by atoms with Crippen molar-refractivity contribution in [2.45, 2.75) is 13.5 Å². The molecule has 0 radical (unpaired) electrons. The van der Waals surface area contributed by atoms with Crippen LogP contribution < -0.4 is 5.32 Å². The predicted molar refractivity (Wildman–Crippen MR) is 83.4 cm³/mol. The molecule has 7 heteroatoms. The van der Waals surface area contributed by atoms with Gasteiger partial charge in [-0.3, -0.25) is 9.59 Å². The van der Waals surface area contributed by atoms with Gasteiger partial charge in [0.05, 0.1) is 7.11 Å². The van der Waals surface area contributed by atoms with E-state index in [-0.39, 0.29) is 24.6 Å². The van der Waals surface area contributed by atoms with Crippen molar-refractivity contribution < 1.29 is 28.3 Å². The first kappa shape index (κ1) is 17.3. The number of amides is 1. The zero-order chi connectivity index (χ0) is 17.5. The third kappa shape index (κ3) is 4.45. The minimum Gasteiger partial charge on any atom is -0.465 e. The highest BCUT2D eigenvalue weighted by Crippen LogP contribution is 2.16. The average Bonchev–Trinajstić information content (AvgIpc) is 2.98. The van der Waals surface area contributed by atoms with Crippen LogP contribution in [0.3, 0.4) is 0 Å². The summed E-state index contributed by atoms with van der Waals surface area (Å²) in [4.78, 5) is 34.9. The number of hydrogen-bond acceptors (Lipinski definition) is 6. The van der Waals surface area contributed by atoms with Crippen molar-refractivity contribution in [2.75, 3.05) is 13.7 Å². The first-order valence-corrected chi connectivity index (χ1v) is 7.17. The van der Waals surface area contributed by atoms with Crippen molar-refractivity contribution in [1.29, 1.82) is 0 Å². The van der Waals surface area contributed by atoms with E-state index in [1.807, 2.05) is 0 Å². The number of benzene rings is 1. The van der Waals surface area contributed by atoms with Crippen LogP contribution in [-0.4, -0.2) is 31.5 Å². The molecule has 2 aromatic rings. The van der Waals surface area contributed by atoms with Crippen molar-refractivity contribution in [2.24, 2.45) is 0 Å². The summed E-state index contributed by atoms with van der Waals surface area (Å²) >= 11 is 0. The lowest BCUT2D eigenvalue weighted by atomic mass is 10.2. The SMILES string of the molecule is COC(=O)c1cc(COC(=O)CNC(=O)c2ccccc2)oc1C. The van der Waals surface area contributed by atoms with E-state index >= 15 is 0 Å². The van der Waals surface area contributed by atoms with Gasteiger partial charge in [0.15, 0.2) is 0 Å². The number of carbonyl (C=O) groups is 3. The first-order chi connectivity index (χ1) is 11.5. The van der Waals surface area contributed by atoms with Crippen LogP contribution in [0.25, 0.3) is 0 Å². The molecule has 126 valence electrons. The maximum absolute atomic E-state index is 11.8. The van der Waals surface area contributed by atoms with E-state index in [1.54, 1.807) is 37.3 Å². The fourth-order valence-electron chi connectivity index (χ4n) is 1.97. The Balaban J connectivity index is 1.81. The highest BCUT2D eigenvalue weighted by molar-refractivity contribution is 5.95. The number of furan rings is 1. The Morgan fingerprint density at radius 1 is 1.17 bits per heavy atom. The summed E-state index contributed by atoms with van der Waals surface area (Å²) in [6.45, 7) is 1.20. The van der Waals surface area contributed by atoms with Gasteiger partial charge >= 0.3 is 11.9 Å². The quantitative estimate of drug-likeness (QED) is 0.812. The van der Waals surface area contributed by atoms with Crippen LogP contribution in [0.15, 0.2) is 40.8 Å². The fraction of sp³-hybridized carbons (Fsp3) is 0.235. The maximum atomic E-state index is 11.8. The molecular weight excluding hydrogens is 314 g/mol. The van der Waals surface area contributed by atoms with Gasteiger partial charge in [-0.2, -0.15) is 0 Å². The Morgan fingerprint density at radius 2 is 1.88 bits per heavy atom. The number of rotatable bonds is 6. The van der Waals surface area contributed by atoms with Gasteiger partial charge in [-0.05, 0) is 25.1 Å². The summed E-state index contributed by atoms with van der Waals surface area (Å²) in [5, 5.41) is 2.46. The van der Waals surface area contributed by atoms with Gasteiger partial charge < -0.3 is 19.2 Å². The van der Waals surface area contributed by atoms with E-state index in [0.29, 0.717) is 17.1 Å². The lowest BCUT2D eigenvalue weighted by Crippen LogP contribution is -2.30. The molecule has 1 N–H and O–H groups in total. The van der Waals surface area contributed by atoms with Crippen molar-refractivity contribution in [3.63, 3.8) is 0 Å². The third-order valence-electron chi connectivity index (χ3n) is 3.18. The molecule has 0 unspecified atom stereocenters. The van der Waals surface area contributed by atoms with Crippen LogP contribution in [-0.2, 0) is 20.9 Å². The molecule has 0 aliphatic rings. The molecule has 0 saturated heterocycles. The van der Waals surface area contributed by atoms with Gasteiger partial charge in [0.25, 0.3) is 5.91 Å². The second-order valence-corrected chi connectivity index (χ2v) is 4.88. The van der Waals surface area contributed by atoms with Crippen molar-refractivity contribution in [3.8, 4) is 0 Å². The zero-order valence-electron chi connectivity index (χ0n) is 13.3. The highest BCUT2D eigenvalue weighted by Gasteiger charge is 2.16. The van der Waals surface area contributed by atoms with Crippen molar-refractivity contribution in [3.05, 3.63) is 59.0 Å². The van der Waals surface area contributed by atoms with Gasteiger partial charge in [-0.25, -0.2) is 4.79 Å². The van der Waals surface area contributed by atoms with Crippen molar-refractivity contribution >= 4 is 17.8 Å². The number of methoxy groups -OCH3 is 1. The van der Waals surface area contributed by atoms with E-state index in [2.05, 4.69) is 10.1 Å². The number of aryl methyl sites for hydroxylation is 1. The Kier molecular flexibility index (Phi) is 5.73. The lowest BCUT2D eigenvalue weighted by Gasteiger charge is -2.05. The molecule has 0 aliphatic heterocycles. The first-order valence-electron chi connectivity index (χ1n) is 7.17. The highest BCUT2D eigenvalue weighted by atomic mass is 16.5. The van der Waals surface area contributed by atoms with Gasteiger partial charge in [0.2, 0.25) is 0 Å². The Bertz CT molecular complexity index is 735. The number of hydrogen-bond donors (Lipinski definition) is 1. The molecule has 0 saturated carbocycles. The Labute approximate surface area is 138 Å². The van der Waals surface area contributed by atoms with Crippen LogP contribution in [0.1, 0.15) is 32.2 Å². The number of esters is 2. The minimum atomic E-state index is -0.618. The number of nitrogens with one attached hydrogen (secondary N) is 1. The van der Waals surface area contributed by atoms with E-state index in [1.165, 1.54) is 13.2 Å². The van der Waals surface area contributed by atoms with Gasteiger partial charge in [0, 0.05) is 5.56 Å². The Morgan fingerprint density at radius 3 is 2.54 bits per heavy atom. The smallest absolute Gasteiger partial charge is 0.341 e. The Hall–Kier alpha value is -3.09. The van der Waals surface area contributed by atoms with Crippen LogP contribution in [0.5, 0.6) is 0 Å². The van der Waals surface area contributed by atoms with Crippen LogP contribution in [0.4, 0.5) is 0 Å². The second kappa shape index (κ2) is 7.96. The normalized spacial score (nSPS) is 10.1. The zero-order valence-corrected chi connectivity index (χ0v) is 13.3. The molecule has 0 aliphatic carbocycles. The molecule has 0 bridgehead atoms. The predicted octanol–water partition coefficient (Wildman–Crippen LogP) is 1.85. The summed E-state index contributed by atoms with van der Waals surface area (Å²) in [7, 11) is 1.27. The fourth-order valence-corrected chi connectivity index (χ4v) is 1.97. The molecule has 0 fully saturated rings. The summed E-state index contributed by atoms with van der Waals surface area (Å²) in [5.41, 5.74) is 0.732. The lowest BCUT2D eigenvalue weighted by molar-refractivity contribution is -0.144. The van der Waals surface area contributed by atoms with Gasteiger partial charge in [-0.1, -0.05) is 18.2 Å². The molecule has 1 aromatic carbocycles. The maximum Gasteiger partial charge on any atom is 0.341 e. The summed E-state index contributed by atoms with van der Waals surface area (Å²) in [6, 6.07) is 9.98. The summed E-state index contributed by atoms with van der Waals surface area (Å²) in [5.74, 6) is -0.813. The molecule has 0 atom stereocenters. The monoisotopic (exact) mass is 331 g/mol. The topological polar surface area (TPSA) is 94.8 Å². The molecule has 1 aromatic heterocycles. The molecule has 24 heavy (non-hydrogen) atoms. The molecule has 7 nitrogen and oxygen atoms in total. The second-order valence-electron chi connectivity index (χ2n) is 4.88. The van der Waals surface area contributed by atoms with Crippen LogP contribution in [0.2, 0.25) is 0 Å². The van der Waals surface area contributed by atoms with E-state index in [0.717, 1.165) is 0 Å². The van der Waals surface area contributed by atoms with E-state index < -0.39 is 11.9 Å². The summed E-state index contributed by atoms with van der Waals surface area (Å²) < 4.78 is 14.9. The van der Waals surface area contributed by atoms with Crippen LogP contribution in [0, 0.1) is 6.92 Å². The number of ether oxygens (including phenoxy) is 2. The minimum absolute atomic E-state index is 0.141. The third-order valence-corrected chi connectivity index (χ3v) is 3.18. The van der Waals surface area contributed by atoms with Crippen molar-refractivity contribution in [1.82, 2.24) is 5.32 Å². The molecule has 1 heterocycles. The standard InChI is InChI=1S/C17H17NO6/c1-11-14(17(21)22-2)8-13(24-11)10-23-15(19)9-18-16(20)12-6-4-3-5-7-12/h3-8H,9-10H2,1-2H3,(H,18,20). The molecule has 0 spiro atoms. The van der Waals surface area contributed by atoms with E-state index in [9.17, 15) is 14.4 Å². The molecule has 2 rings (SSSR count). The van der Waals surface area contributed by atoms with Gasteiger partial charge in [-0.15, -0.1) is 0 Å². The summed E-state index contributed by atoms with van der Waals surface area (Å²) in [6.07, 6.45) is 0. The van der Waals surface area contributed by atoms with E-state index in [4.69, 9.17) is 9.15 Å².